The molecule has 5 aromatic rings. The molecule has 0 atom stereocenters. The number of rotatable bonds is 4. The van der Waals surface area contributed by atoms with Gasteiger partial charge in [0.25, 0.3) is 0 Å². The zero-order valence-electron chi connectivity index (χ0n) is 18.3. The van der Waals surface area contributed by atoms with Gasteiger partial charge in [-0.1, -0.05) is 6.07 Å². The van der Waals surface area contributed by atoms with Crippen molar-refractivity contribution in [1.29, 1.82) is 0 Å². The van der Waals surface area contributed by atoms with Crippen molar-refractivity contribution in [1.82, 2.24) is 24.1 Å². The Hall–Kier alpha value is -4.11. The van der Waals surface area contributed by atoms with Crippen molar-refractivity contribution in [3.63, 3.8) is 0 Å². The number of nitrogens with zero attached hydrogens (tertiary/aromatic N) is 5. The topological polar surface area (TPSA) is 97.9 Å². The first-order valence-electron chi connectivity index (χ1n) is 10.3. The number of hydrogen-bond acceptors (Lipinski definition) is 6. The van der Waals surface area contributed by atoms with E-state index in [9.17, 15) is 14.3 Å². The first kappa shape index (κ1) is 20.8. The van der Waals surface area contributed by atoms with Gasteiger partial charge in [-0.25, -0.2) is 9.78 Å². The highest BCUT2D eigenvalue weighted by Crippen LogP contribution is 2.31. The molecule has 5 rings (SSSR count). The van der Waals surface area contributed by atoms with Gasteiger partial charge in [0.1, 0.15) is 0 Å². The number of hydrogen-bond donors (Lipinski definition) is 2. The highest BCUT2D eigenvalue weighted by molar-refractivity contribution is 6.04. The van der Waals surface area contributed by atoms with E-state index in [1.807, 2.05) is 24.3 Å². The first-order valence-corrected chi connectivity index (χ1v) is 10.3. The molecule has 0 radical (unpaired) electrons. The average molecular weight is 444 g/mol. The molecule has 0 spiro atoms. The number of anilines is 1. The summed E-state index contributed by atoms with van der Waals surface area (Å²) in [5.41, 5.74) is 5.70. The zero-order chi connectivity index (χ0) is 23.3. The van der Waals surface area contributed by atoms with Crippen LogP contribution in [0.25, 0.3) is 38.8 Å². The number of aliphatic hydroxyl groups excluding tert-OH is 1. The lowest BCUT2D eigenvalue weighted by atomic mass is 10.0. The molecule has 0 saturated heterocycles. The van der Waals surface area contributed by atoms with Gasteiger partial charge < -0.3 is 10.4 Å². The normalized spacial score (nSPS) is 11.4. The fourth-order valence-corrected chi connectivity index (χ4v) is 4.15. The maximum atomic E-state index is 13.7. The van der Waals surface area contributed by atoms with E-state index in [0.717, 1.165) is 22.2 Å². The Morgan fingerprint density at radius 1 is 1.09 bits per heavy atom. The molecule has 8 nitrogen and oxygen atoms in total. The maximum Gasteiger partial charge on any atom is 0.333 e. The number of nitrogens with one attached hydrogen (secondary N) is 1. The van der Waals surface area contributed by atoms with Crippen molar-refractivity contribution in [2.45, 2.75) is 13.5 Å². The highest BCUT2D eigenvalue weighted by Gasteiger charge is 2.18. The molecule has 0 saturated carbocycles. The minimum absolute atomic E-state index is 0.167. The number of pyridine rings is 3. The molecule has 0 unspecified atom stereocenters. The average Bonchev–Trinajstić information content (AvgIpc) is 3.08. The predicted octanol–water partition coefficient (Wildman–Crippen LogP) is 3.32. The molecule has 1 aromatic carbocycles. The third kappa shape index (κ3) is 3.25. The number of imidazole rings is 1. The minimum atomic E-state index is -0.600. The van der Waals surface area contributed by atoms with Gasteiger partial charge in [-0.05, 0) is 42.8 Å². The molecule has 166 valence electrons. The lowest BCUT2D eigenvalue weighted by molar-refractivity contribution is 0.277. The van der Waals surface area contributed by atoms with Gasteiger partial charge in [-0.15, -0.1) is 0 Å². The minimum Gasteiger partial charge on any atom is -0.390 e. The van der Waals surface area contributed by atoms with Gasteiger partial charge in [-0.2, -0.15) is 4.39 Å². The summed E-state index contributed by atoms with van der Waals surface area (Å²) in [7, 11) is 3.46. The van der Waals surface area contributed by atoms with Gasteiger partial charge in [0.2, 0.25) is 5.95 Å². The van der Waals surface area contributed by atoms with Crippen LogP contribution in [0.5, 0.6) is 0 Å². The van der Waals surface area contributed by atoms with Crippen LogP contribution in [0.4, 0.5) is 10.1 Å². The van der Waals surface area contributed by atoms with Crippen LogP contribution in [-0.2, 0) is 13.7 Å². The van der Waals surface area contributed by atoms with E-state index in [1.165, 1.54) is 10.6 Å². The summed E-state index contributed by atoms with van der Waals surface area (Å²) in [5.74, 6) is -0.600. The summed E-state index contributed by atoms with van der Waals surface area (Å²) in [6.45, 7) is 1.51. The quantitative estimate of drug-likeness (QED) is 0.413. The van der Waals surface area contributed by atoms with Crippen molar-refractivity contribution in [3.8, 4) is 16.8 Å². The third-order valence-electron chi connectivity index (χ3n) is 5.87. The van der Waals surface area contributed by atoms with Crippen LogP contribution in [0, 0.1) is 12.9 Å². The van der Waals surface area contributed by atoms with Crippen molar-refractivity contribution < 1.29 is 9.50 Å². The van der Waals surface area contributed by atoms with Crippen LogP contribution in [0.2, 0.25) is 0 Å². The lowest BCUT2D eigenvalue weighted by Crippen LogP contribution is -2.21. The summed E-state index contributed by atoms with van der Waals surface area (Å²) < 4.78 is 16.7. The number of fused-ring (bicyclic) bond motifs is 3. The van der Waals surface area contributed by atoms with Gasteiger partial charge in [0.15, 0.2) is 0 Å². The Morgan fingerprint density at radius 2 is 1.91 bits per heavy atom. The molecule has 0 bridgehead atoms. The van der Waals surface area contributed by atoms with Crippen LogP contribution < -0.4 is 11.0 Å². The number of halogens is 1. The molecule has 4 aromatic heterocycles. The fraction of sp³-hybridized carbons (Fsp3) is 0.167. The smallest absolute Gasteiger partial charge is 0.333 e. The van der Waals surface area contributed by atoms with Gasteiger partial charge in [0.05, 0.1) is 52.1 Å². The summed E-state index contributed by atoms with van der Waals surface area (Å²) in [6, 6.07) is 10.5. The van der Waals surface area contributed by atoms with Crippen molar-refractivity contribution in [2.24, 2.45) is 7.05 Å². The zero-order valence-corrected chi connectivity index (χ0v) is 18.3. The van der Waals surface area contributed by atoms with Gasteiger partial charge >= 0.3 is 5.69 Å². The van der Waals surface area contributed by atoms with E-state index < -0.39 is 5.95 Å². The molecule has 0 fully saturated rings. The monoisotopic (exact) mass is 444 g/mol. The molecule has 4 heterocycles. The molecular formula is C24H21FN6O2. The standard InChI is InChI=1S/C24H21FN6O2/c1-13-20(6-7-22(25)29-13)31-23-16-8-14(15-9-18(26-2)19(12-32)27-10-15)4-5-17(16)28-11-21(23)30(3)24(31)33/h4-11,26,32H,12H2,1-3H3. The SMILES string of the molecule is CNc1cc(-c2ccc3ncc4c(c3c2)n(-c2ccc(F)nc2C)c(=O)n4C)cnc1CO. The molecular weight excluding hydrogens is 423 g/mol. The Labute approximate surface area is 188 Å². The number of benzene rings is 1. The van der Waals surface area contributed by atoms with Crippen LogP contribution in [0.1, 0.15) is 11.4 Å². The number of aromatic nitrogens is 5. The Kier molecular flexibility index (Phi) is 4.90. The molecule has 0 amide bonds. The van der Waals surface area contributed by atoms with E-state index in [2.05, 4.69) is 20.3 Å². The summed E-state index contributed by atoms with van der Waals surface area (Å²) >= 11 is 0. The van der Waals surface area contributed by atoms with Crippen molar-refractivity contribution in [2.75, 3.05) is 12.4 Å². The lowest BCUT2D eigenvalue weighted by Gasteiger charge is -2.11. The molecule has 0 aliphatic heterocycles. The number of aryl methyl sites for hydroxylation is 2. The molecule has 0 aliphatic carbocycles. The maximum absolute atomic E-state index is 13.7. The van der Waals surface area contributed by atoms with Crippen LogP contribution in [0.3, 0.4) is 0 Å². The van der Waals surface area contributed by atoms with Crippen LogP contribution >= 0.6 is 0 Å². The molecule has 0 aliphatic rings. The van der Waals surface area contributed by atoms with E-state index in [-0.39, 0.29) is 12.3 Å². The number of aliphatic hydroxyl groups is 1. The largest absolute Gasteiger partial charge is 0.390 e. The van der Waals surface area contributed by atoms with E-state index in [4.69, 9.17) is 0 Å². The first-order chi connectivity index (χ1) is 15.9. The second kappa shape index (κ2) is 7.79. The summed E-state index contributed by atoms with van der Waals surface area (Å²) in [4.78, 5) is 26.0. The van der Waals surface area contributed by atoms with E-state index in [1.54, 1.807) is 44.0 Å². The van der Waals surface area contributed by atoms with Gasteiger partial charge in [0, 0.05) is 31.2 Å². The van der Waals surface area contributed by atoms with Crippen LogP contribution in [-0.4, -0.2) is 36.2 Å². The van der Waals surface area contributed by atoms with E-state index >= 15 is 0 Å². The van der Waals surface area contributed by atoms with Crippen LogP contribution in [0.15, 0.2) is 53.6 Å². The molecule has 2 N–H and O–H groups in total. The Balaban J connectivity index is 1.83. The summed E-state index contributed by atoms with van der Waals surface area (Å²) in [5, 5.41) is 13.3. The summed E-state index contributed by atoms with van der Waals surface area (Å²) in [6.07, 6.45) is 3.37. The predicted molar refractivity (Wildman–Crippen MR) is 125 cm³/mol. The Morgan fingerprint density at radius 3 is 2.64 bits per heavy atom. The second-order valence-corrected chi connectivity index (χ2v) is 7.77. The molecule has 33 heavy (non-hydrogen) atoms. The second-order valence-electron chi connectivity index (χ2n) is 7.77. The fourth-order valence-electron chi connectivity index (χ4n) is 4.15. The van der Waals surface area contributed by atoms with Crippen molar-refractivity contribution >= 4 is 27.6 Å². The van der Waals surface area contributed by atoms with E-state index in [0.29, 0.717) is 33.6 Å². The van der Waals surface area contributed by atoms with Gasteiger partial charge in [-0.3, -0.25) is 19.1 Å². The highest BCUT2D eigenvalue weighted by atomic mass is 19.1. The Bertz CT molecular complexity index is 1600. The van der Waals surface area contributed by atoms with Crippen molar-refractivity contribution in [3.05, 3.63) is 76.6 Å². The third-order valence-corrected chi connectivity index (χ3v) is 5.87. The molecule has 9 heteroatoms.